The molecule has 0 aromatic heterocycles. The van der Waals surface area contributed by atoms with Crippen LogP contribution in [0.5, 0.6) is 0 Å². The predicted molar refractivity (Wildman–Crippen MR) is 52.7 cm³/mol. The predicted octanol–water partition coefficient (Wildman–Crippen LogP) is 0.158. The summed E-state index contributed by atoms with van der Waals surface area (Å²) in [6.07, 6.45) is 4.91. The van der Waals surface area contributed by atoms with Gasteiger partial charge in [-0.05, 0) is 18.1 Å². The molecular weight excluding hydrogens is 196 g/mol. The zero-order valence-corrected chi connectivity index (χ0v) is 7.88. The van der Waals surface area contributed by atoms with Crippen molar-refractivity contribution in [2.24, 2.45) is 0 Å². The zero-order chi connectivity index (χ0) is 11.3. The molecule has 0 saturated heterocycles. The van der Waals surface area contributed by atoms with Crippen LogP contribution in [0.4, 0.5) is 0 Å². The van der Waals surface area contributed by atoms with E-state index in [1.54, 1.807) is 24.1 Å². The van der Waals surface area contributed by atoms with E-state index in [9.17, 15) is 9.90 Å². The first-order valence-electron chi connectivity index (χ1n) is 4.21. The van der Waals surface area contributed by atoms with Gasteiger partial charge in [0.2, 0.25) is 0 Å². The van der Waals surface area contributed by atoms with Gasteiger partial charge < -0.3 is 14.9 Å². The van der Waals surface area contributed by atoms with E-state index in [0.29, 0.717) is 0 Å². The average Bonchev–Trinajstić information content (AvgIpc) is 2.30. The number of carbonyl (C=O) groups excluding carboxylic acids is 1. The monoisotopic (exact) mass is 206 g/mol. The minimum Gasteiger partial charge on any atom is -0.415 e. The number of benzene rings is 1. The van der Waals surface area contributed by atoms with Crippen LogP contribution in [-0.2, 0) is 4.74 Å². The molecule has 15 heavy (non-hydrogen) atoms. The first kappa shape index (κ1) is 11.2. The molecular formula is C11H10O4. The number of aliphatic hydroxyl groups excluding tert-OH is 1. The maximum Gasteiger partial charge on any atom is 0.341 e. The van der Waals surface area contributed by atoms with Crippen molar-refractivity contribution >= 4 is 5.97 Å². The van der Waals surface area contributed by atoms with Crippen molar-refractivity contribution in [3.8, 4) is 12.3 Å². The van der Waals surface area contributed by atoms with Crippen LogP contribution in [0, 0.1) is 12.3 Å². The number of hydrogen-bond donors (Lipinski definition) is 2. The van der Waals surface area contributed by atoms with Crippen LogP contribution < -0.4 is 0 Å². The second kappa shape index (κ2) is 4.60. The zero-order valence-electron chi connectivity index (χ0n) is 7.88. The quantitative estimate of drug-likeness (QED) is 0.420. The van der Waals surface area contributed by atoms with E-state index in [-0.39, 0.29) is 5.56 Å². The molecule has 1 rings (SSSR count). The van der Waals surface area contributed by atoms with E-state index in [0.717, 1.165) is 0 Å². The molecule has 0 aliphatic rings. The topological polar surface area (TPSA) is 66.8 Å². The minimum absolute atomic E-state index is 0.250. The normalized spacial score (nSPS) is 13.7. The number of hydrogen-bond acceptors (Lipinski definition) is 4. The Hall–Kier alpha value is -1.83. The van der Waals surface area contributed by atoms with E-state index in [1.165, 1.54) is 12.1 Å². The van der Waals surface area contributed by atoms with Crippen LogP contribution in [0.15, 0.2) is 30.3 Å². The van der Waals surface area contributed by atoms with Gasteiger partial charge in [-0.2, -0.15) is 0 Å². The highest BCUT2D eigenvalue weighted by atomic mass is 16.7. The van der Waals surface area contributed by atoms with E-state index < -0.39 is 18.4 Å². The Morgan fingerprint density at radius 1 is 1.47 bits per heavy atom. The van der Waals surface area contributed by atoms with Crippen LogP contribution in [0.25, 0.3) is 0 Å². The van der Waals surface area contributed by atoms with Crippen molar-refractivity contribution in [3.05, 3.63) is 35.9 Å². The van der Waals surface area contributed by atoms with Crippen LogP contribution in [0.1, 0.15) is 10.4 Å². The van der Waals surface area contributed by atoms with Gasteiger partial charge in [0.1, 0.15) is 6.61 Å². The summed E-state index contributed by atoms with van der Waals surface area (Å²) in [6, 6.07) is 8.04. The number of ether oxygens (including phenoxy) is 1. The number of rotatable bonds is 3. The molecule has 1 atom stereocenters. The van der Waals surface area contributed by atoms with Gasteiger partial charge in [0.05, 0.1) is 5.56 Å². The molecule has 0 radical (unpaired) electrons. The van der Waals surface area contributed by atoms with Crippen LogP contribution >= 0.6 is 0 Å². The Kier molecular flexibility index (Phi) is 3.45. The smallest absolute Gasteiger partial charge is 0.341 e. The first-order chi connectivity index (χ1) is 7.11. The lowest BCUT2D eigenvalue weighted by Crippen LogP contribution is -2.37. The summed E-state index contributed by atoms with van der Waals surface area (Å²) < 4.78 is 4.55. The highest BCUT2D eigenvalue weighted by Crippen LogP contribution is 2.09. The SMILES string of the molecule is C#C[C@@](O)(CO)OC(=O)c1ccccc1. The molecule has 78 valence electrons. The minimum atomic E-state index is -2.26. The number of terminal acetylenes is 1. The van der Waals surface area contributed by atoms with Gasteiger partial charge in [0.25, 0.3) is 5.79 Å². The second-order valence-electron chi connectivity index (χ2n) is 2.84. The van der Waals surface area contributed by atoms with Crippen molar-refractivity contribution in [1.82, 2.24) is 0 Å². The number of aliphatic hydroxyl groups is 2. The van der Waals surface area contributed by atoms with Gasteiger partial charge in [-0.25, -0.2) is 4.79 Å². The summed E-state index contributed by atoms with van der Waals surface area (Å²) in [7, 11) is 0. The molecule has 2 N–H and O–H groups in total. The lowest BCUT2D eigenvalue weighted by Gasteiger charge is -2.19. The molecule has 1 aromatic carbocycles. The summed E-state index contributed by atoms with van der Waals surface area (Å²) in [5.41, 5.74) is 0.250. The Labute approximate surface area is 87.1 Å². The summed E-state index contributed by atoms with van der Waals surface area (Å²) in [6.45, 7) is -0.845. The van der Waals surface area contributed by atoms with Gasteiger partial charge in [0, 0.05) is 0 Å². The van der Waals surface area contributed by atoms with Gasteiger partial charge in [-0.3, -0.25) is 0 Å². The molecule has 0 fully saturated rings. The van der Waals surface area contributed by atoms with Crippen molar-refractivity contribution in [3.63, 3.8) is 0 Å². The van der Waals surface area contributed by atoms with E-state index >= 15 is 0 Å². The molecule has 0 bridgehead atoms. The summed E-state index contributed by atoms with van der Waals surface area (Å²) >= 11 is 0. The molecule has 4 nitrogen and oxygen atoms in total. The molecule has 4 heteroatoms. The van der Waals surface area contributed by atoms with Gasteiger partial charge >= 0.3 is 5.97 Å². The number of carbonyl (C=O) groups is 1. The largest absolute Gasteiger partial charge is 0.415 e. The highest BCUT2D eigenvalue weighted by molar-refractivity contribution is 5.89. The van der Waals surface area contributed by atoms with Gasteiger partial charge in [0.15, 0.2) is 0 Å². The fraction of sp³-hybridized carbons (Fsp3) is 0.182. The first-order valence-corrected chi connectivity index (χ1v) is 4.21. The lowest BCUT2D eigenvalue weighted by molar-refractivity contribution is -0.145. The maximum absolute atomic E-state index is 11.4. The third-order valence-electron chi connectivity index (χ3n) is 1.71. The molecule has 0 spiro atoms. The van der Waals surface area contributed by atoms with E-state index in [1.807, 2.05) is 0 Å². The second-order valence-corrected chi connectivity index (χ2v) is 2.84. The molecule has 1 aromatic rings. The molecule has 0 amide bonds. The van der Waals surface area contributed by atoms with Crippen molar-refractivity contribution in [2.75, 3.05) is 6.61 Å². The summed E-state index contributed by atoms with van der Waals surface area (Å²) in [5.74, 6) is -1.25. The maximum atomic E-state index is 11.4. The Bertz CT molecular complexity index is 379. The Morgan fingerprint density at radius 3 is 2.53 bits per heavy atom. The third kappa shape index (κ3) is 2.81. The fourth-order valence-electron chi connectivity index (χ4n) is 0.894. The molecule has 0 aliphatic heterocycles. The Balaban J connectivity index is 2.77. The van der Waals surface area contributed by atoms with E-state index in [4.69, 9.17) is 11.5 Å². The van der Waals surface area contributed by atoms with E-state index in [2.05, 4.69) is 4.74 Å². The molecule has 0 aliphatic carbocycles. The number of esters is 1. The molecule has 0 saturated carbocycles. The molecule has 0 unspecified atom stereocenters. The lowest BCUT2D eigenvalue weighted by atomic mass is 10.2. The van der Waals surface area contributed by atoms with Gasteiger partial charge in [-0.1, -0.05) is 18.2 Å². The third-order valence-corrected chi connectivity index (χ3v) is 1.71. The Morgan fingerprint density at radius 2 is 2.07 bits per heavy atom. The van der Waals surface area contributed by atoms with Gasteiger partial charge in [-0.15, -0.1) is 6.42 Å². The summed E-state index contributed by atoms with van der Waals surface area (Å²) in [5, 5.41) is 18.0. The van der Waals surface area contributed by atoms with Crippen molar-refractivity contribution in [2.45, 2.75) is 5.79 Å². The van der Waals surface area contributed by atoms with Crippen LogP contribution in [0.2, 0.25) is 0 Å². The fourth-order valence-corrected chi connectivity index (χ4v) is 0.894. The highest BCUT2D eigenvalue weighted by Gasteiger charge is 2.28. The standard InChI is InChI=1S/C11H10O4/c1-2-11(14,8-12)15-10(13)9-6-4-3-5-7-9/h1,3-7,12,14H,8H2/t11-/m0/s1. The van der Waals surface area contributed by atoms with Crippen LogP contribution in [-0.4, -0.2) is 28.6 Å². The van der Waals surface area contributed by atoms with Crippen LogP contribution in [0.3, 0.4) is 0 Å². The molecule has 0 heterocycles. The van der Waals surface area contributed by atoms with Crippen molar-refractivity contribution in [1.29, 1.82) is 0 Å². The average molecular weight is 206 g/mol. The van der Waals surface area contributed by atoms with Crippen molar-refractivity contribution < 1.29 is 19.7 Å². The summed E-state index contributed by atoms with van der Waals surface area (Å²) in [4.78, 5) is 11.4.